The van der Waals surface area contributed by atoms with Crippen molar-refractivity contribution in [1.29, 1.82) is 0 Å². The number of hydrogen-bond acceptors (Lipinski definition) is 9. The molecular formula is C25H28N8O3S. The van der Waals surface area contributed by atoms with Crippen molar-refractivity contribution in [1.82, 2.24) is 25.1 Å². The number of piperazine rings is 1. The first-order chi connectivity index (χ1) is 17.9. The van der Waals surface area contributed by atoms with Gasteiger partial charge in [0.05, 0.1) is 10.6 Å². The molecule has 0 saturated carbocycles. The summed E-state index contributed by atoms with van der Waals surface area (Å²) < 4.78 is 0. The van der Waals surface area contributed by atoms with Crippen LogP contribution in [0.15, 0.2) is 41.3 Å². The highest BCUT2D eigenvalue weighted by atomic mass is 32.2. The number of benzene rings is 1. The van der Waals surface area contributed by atoms with E-state index in [4.69, 9.17) is 9.97 Å². The van der Waals surface area contributed by atoms with E-state index in [2.05, 4.69) is 32.4 Å². The van der Waals surface area contributed by atoms with Gasteiger partial charge < -0.3 is 24.9 Å². The highest BCUT2D eigenvalue weighted by Gasteiger charge is 2.54. The van der Waals surface area contributed by atoms with Gasteiger partial charge in [-0.25, -0.2) is 9.78 Å². The van der Waals surface area contributed by atoms with Gasteiger partial charge >= 0.3 is 6.03 Å². The molecule has 4 amide bonds. The lowest BCUT2D eigenvalue weighted by molar-refractivity contribution is -0.115. The van der Waals surface area contributed by atoms with E-state index in [0.717, 1.165) is 62.5 Å². The molecule has 4 fully saturated rings. The van der Waals surface area contributed by atoms with Crippen LogP contribution in [0.1, 0.15) is 5.69 Å². The third-order valence-corrected chi connectivity index (χ3v) is 7.98. The van der Waals surface area contributed by atoms with Crippen molar-refractivity contribution in [3.05, 3.63) is 47.0 Å². The fraction of sp³-hybridized carbons (Fsp3) is 0.400. The quantitative estimate of drug-likeness (QED) is 0.584. The van der Waals surface area contributed by atoms with Crippen LogP contribution in [-0.4, -0.2) is 96.4 Å². The third-order valence-electron chi connectivity index (χ3n) is 7.17. The maximum atomic E-state index is 12.6. The molecule has 4 aliphatic rings. The second-order valence-electron chi connectivity index (χ2n) is 10.1. The van der Waals surface area contributed by atoms with Gasteiger partial charge in [-0.15, -0.1) is 0 Å². The highest BCUT2D eigenvalue weighted by Crippen LogP contribution is 2.41. The van der Waals surface area contributed by atoms with Crippen molar-refractivity contribution >= 4 is 52.5 Å². The molecule has 0 atom stereocenters. The molecule has 6 rings (SSSR count). The van der Waals surface area contributed by atoms with Crippen molar-refractivity contribution in [2.45, 2.75) is 0 Å². The molecule has 0 bridgehead atoms. The van der Waals surface area contributed by atoms with Gasteiger partial charge in [0.25, 0.3) is 11.1 Å². The van der Waals surface area contributed by atoms with E-state index in [0.29, 0.717) is 29.6 Å². The summed E-state index contributed by atoms with van der Waals surface area (Å²) in [5.74, 6) is 1.02. The van der Waals surface area contributed by atoms with Gasteiger partial charge in [0, 0.05) is 69.5 Å². The number of para-hydroxylation sites is 1. The van der Waals surface area contributed by atoms with Crippen molar-refractivity contribution in [2.75, 3.05) is 74.5 Å². The number of aromatic nitrogens is 2. The summed E-state index contributed by atoms with van der Waals surface area (Å²) in [5.41, 5.74) is 1.44. The largest absolute Gasteiger partial charge is 0.354 e. The summed E-state index contributed by atoms with van der Waals surface area (Å²) in [6.45, 7) is 6.49. The van der Waals surface area contributed by atoms with Crippen molar-refractivity contribution in [3.8, 4) is 0 Å². The van der Waals surface area contributed by atoms with E-state index in [1.807, 2.05) is 41.3 Å². The molecular weight excluding hydrogens is 492 g/mol. The zero-order valence-corrected chi connectivity index (χ0v) is 21.3. The van der Waals surface area contributed by atoms with Gasteiger partial charge in [0.1, 0.15) is 5.82 Å². The monoisotopic (exact) mass is 520 g/mol. The number of hydrogen-bond donors (Lipinski definition) is 2. The minimum Gasteiger partial charge on any atom is -0.354 e. The Kier molecular flexibility index (Phi) is 6.00. The van der Waals surface area contributed by atoms with Gasteiger partial charge in [-0.05, 0) is 37.0 Å². The summed E-state index contributed by atoms with van der Waals surface area (Å²) in [6.07, 6.45) is 1.66. The van der Waals surface area contributed by atoms with Gasteiger partial charge in [-0.3, -0.25) is 14.9 Å². The number of thioether (sulfide) groups is 1. The Morgan fingerprint density at radius 3 is 2.43 bits per heavy atom. The predicted octanol–water partition coefficient (Wildman–Crippen LogP) is 1.91. The fourth-order valence-electron chi connectivity index (χ4n) is 5.14. The number of nitrogens with zero attached hydrogens (tertiary/aromatic N) is 6. The van der Waals surface area contributed by atoms with Gasteiger partial charge in [0.15, 0.2) is 0 Å². The number of urea groups is 1. The number of carbonyl (C=O) groups is 3. The Hall–Kier alpha value is -3.64. The summed E-state index contributed by atoms with van der Waals surface area (Å²) in [6, 6.07) is 11.3. The molecule has 11 nitrogen and oxygen atoms in total. The molecule has 12 heteroatoms. The molecule has 192 valence electrons. The number of rotatable bonds is 4. The first kappa shape index (κ1) is 23.7. The second-order valence-corrected chi connectivity index (χ2v) is 11.1. The van der Waals surface area contributed by atoms with Crippen LogP contribution in [0.3, 0.4) is 0 Å². The first-order valence-corrected chi connectivity index (χ1v) is 13.1. The van der Waals surface area contributed by atoms with E-state index in [1.165, 1.54) is 0 Å². The number of anilines is 3. The number of likely N-dealkylation sites (N-methyl/N-ethyl adjacent to an activating group) is 1. The third kappa shape index (κ3) is 4.86. The van der Waals surface area contributed by atoms with Crippen LogP contribution in [-0.2, 0) is 4.79 Å². The summed E-state index contributed by atoms with van der Waals surface area (Å²) in [7, 11) is 2.10. The van der Waals surface area contributed by atoms with E-state index >= 15 is 0 Å². The molecule has 4 saturated heterocycles. The Labute approximate surface area is 218 Å². The van der Waals surface area contributed by atoms with Crippen molar-refractivity contribution < 1.29 is 14.4 Å². The summed E-state index contributed by atoms with van der Waals surface area (Å²) in [5, 5.41) is 4.86. The molecule has 4 aliphatic heterocycles. The number of nitrogens with one attached hydrogen (secondary N) is 2. The van der Waals surface area contributed by atoms with Crippen molar-refractivity contribution in [2.24, 2.45) is 5.41 Å². The molecule has 1 aromatic carbocycles. The molecule has 1 spiro atoms. The number of carbonyl (C=O) groups excluding carboxylic acids is 3. The van der Waals surface area contributed by atoms with E-state index in [-0.39, 0.29) is 16.7 Å². The van der Waals surface area contributed by atoms with Crippen LogP contribution < -0.4 is 20.4 Å². The maximum Gasteiger partial charge on any atom is 0.321 e. The molecule has 0 radical (unpaired) electrons. The molecule has 2 aromatic rings. The van der Waals surface area contributed by atoms with Crippen LogP contribution in [0, 0.1) is 5.41 Å². The minimum atomic E-state index is -0.400. The second kappa shape index (κ2) is 9.34. The molecule has 2 N–H and O–H groups in total. The highest BCUT2D eigenvalue weighted by molar-refractivity contribution is 8.18. The zero-order chi connectivity index (χ0) is 25.6. The average molecular weight is 521 g/mol. The van der Waals surface area contributed by atoms with E-state index in [1.54, 1.807) is 6.08 Å². The fourth-order valence-corrected chi connectivity index (χ4v) is 5.81. The SMILES string of the molecule is CN1CCN(c2cc(/C=C3\SC(=O)NC3=O)nc(N3CC4(CN(C(=O)Nc5ccccc5)C4)C3)n2)CC1. The lowest BCUT2D eigenvalue weighted by atomic mass is 9.73. The van der Waals surface area contributed by atoms with Gasteiger partial charge in [0.2, 0.25) is 5.95 Å². The lowest BCUT2D eigenvalue weighted by Crippen LogP contribution is -2.73. The van der Waals surface area contributed by atoms with Crippen LogP contribution in [0.4, 0.5) is 27.0 Å². The lowest BCUT2D eigenvalue weighted by Gasteiger charge is -2.59. The van der Waals surface area contributed by atoms with Crippen LogP contribution >= 0.6 is 11.8 Å². The predicted molar refractivity (Wildman–Crippen MR) is 143 cm³/mol. The Bertz CT molecular complexity index is 1260. The number of amides is 4. The minimum absolute atomic E-state index is 0.0491. The standard InChI is InChI=1S/C25H28N8O3S/c1-30-7-9-31(10-8-30)20-12-18(11-19-21(34)29-24(36)37-19)26-22(28-20)32-13-25(14-32)15-33(16-25)23(35)27-17-5-3-2-4-6-17/h2-6,11-12H,7-10,13-16H2,1H3,(H,27,35)(H,29,34,36)/b19-11-. The van der Waals surface area contributed by atoms with E-state index in [9.17, 15) is 14.4 Å². The van der Waals surface area contributed by atoms with Gasteiger partial charge in [-0.2, -0.15) is 4.98 Å². The average Bonchev–Trinajstić information content (AvgIpc) is 3.14. The van der Waals surface area contributed by atoms with E-state index < -0.39 is 5.91 Å². The van der Waals surface area contributed by atoms with Crippen LogP contribution in [0.5, 0.6) is 0 Å². The van der Waals surface area contributed by atoms with Crippen LogP contribution in [0.2, 0.25) is 0 Å². The van der Waals surface area contributed by atoms with Crippen molar-refractivity contribution in [3.63, 3.8) is 0 Å². The zero-order valence-electron chi connectivity index (χ0n) is 20.5. The maximum absolute atomic E-state index is 12.6. The van der Waals surface area contributed by atoms with Crippen LogP contribution in [0.25, 0.3) is 6.08 Å². The number of imide groups is 1. The van der Waals surface area contributed by atoms with Gasteiger partial charge in [-0.1, -0.05) is 18.2 Å². The Morgan fingerprint density at radius 2 is 1.76 bits per heavy atom. The molecule has 37 heavy (non-hydrogen) atoms. The molecule has 1 aromatic heterocycles. The normalized spacial score (nSPS) is 22.2. The topological polar surface area (TPSA) is 114 Å². The molecule has 5 heterocycles. The first-order valence-electron chi connectivity index (χ1n) is 12.3. The summed E-state index contributed by atoms with van der Waals surface area (Å²) in [4.78, 5) is 54.7. The molecule has 0 aliphatic carbocycles. The Balaban J connectivity index is 1.15. The number of likely N-dealkylation sites (tertiary alicyclic amines) is 1. The summed E-state index contributed by atoms with van der Waals surface area (Å²) >= 11 is 0.884. The smallest absolute Gasteiger partial charge is 0.321 e. The Morgan fingerprint density at radius 1 is 1.03 bits per heavy atom. The molecule has 0 unspecified atom stereocenters.